The molecule has 2 aliphatic heterocycles. The first-order valence-corrected chi connectivity index (χ1v) is 11.3. The van der Waals surface area contributed by atoms with Gasteiger partial charge in [-0.3, -0.25) is 0 Å². The fourth-order valence-corrected chi connectivity index (χ4v) is 5.17. The molecule has 162 valence electrons. The average Bonchev–Trinajstić information content (AvgIpc) is 3.30. The molecule has 1 aromatic heterocycles. The van der Waals surface area contributed by atoms with Gasteiger partial charge in [0.25, 0.3) is 0 Å². The number of rotatable bonds is 6. The molecule has 8 heteroatoms. The van der Waals surface area contributed by atoms with E-state index in [2.05, 4.69) is 19.1 Å². The normalized spacial score (nSPS) is 30.7. The van der Waals surface area contributed by atoms with Crippen molar-refractivity contribution in [3.05, 3.63) is 56.2 Å². The number of fused-ring (bicyclic) bond motifs is 1. The molecule has 0 spiro atoms. The first-order valence-electron chi connectivity index (χ1n) is 10.1. The van der Waals surface area contributed by atoms with E-state index in [-0.39, 0.29) is 0 Å². The minimum Gasteiger partial charge on any atom is -0.469 e. The lowest BCUT2D eigenvalue weighted by atomic mass is 9.86. The highest BCUT2D eigenvalue weighted by molar-refractivity contribution is 7.11. The second-order valence-corrected chi connectivity index (χ2v) is 9.59. The van der Waals surface area contributed by atoms with Crippen molar-refractivity contribution >= 4 is 28.8 Å². The van der Waals surface area contributed by atoms with Crippen LogP contribution in [0.2, 0.25) is 5.02 Å². The van der Waals surface area contributed by atoms with Crippen molar-refractivity contribution in [2.24, 2.45) is 4.99 Å². The van der Waals surface area contributed by atoms with Gasteiger partial charge < -0.3 is 24.8 Å². The van der Waals surface area contributed by atoms with Gasteiger partial charge in [0.2, 0.25) is 5.72 Å². The van der Waals surface area contributed by atoms with Gasteiger partial charge >= 0.3 is 0 Å². The molecule has 0 bridgehead atoms. The fraction of sp³-hybridized carbons (Fsp3) is 0.500. The van der Waals surface area contributed by atoms with Crippen LogP contribution in [0.3, 0.4) is 0 Å². The van der Waals surface area contributed by atoms with E-state index < -0.39 is 36.7 Å². The second-order valence-electron chi connectivity index (χ2n) is 7.81. The number of thiophene rings is 1. The number of hydrogen-bond donors (Lipinski definition) is 3. The van der Waals surface area contributed by atoms with Gasteiger partial charge in [0.05, 0.1) is 6.61 Å². The van der Waals surface area contributed by atoms with Gasteiger partial charge in [-0.05, 0) is 43.2 Å². The molecule has 1 fully saturated rings. The highest BCUT2D eigenvalue weighted by atomic mass is 35.5. The van der Waals surface area contributed by atoms with Gasteiger partial charge in [-0.2, -0.15) is 0 Å². The van der Waals surface area contributed by atoms with Crippen LogP contribution in [0.1, 0.15) is 40.6 Å². The van der Waals surface area contributed by atoms with E-state index in [4.69, 9.17) is 26.1 Å². The Labute approximate surface area is 184 Å². The van der Waals surface area contributed by atoms with Crippen molar-refractivity contribution in [1.82, 2.24) is 0 Å². The third-order valence-corrected chi connectivity index (χ3v) is 6.94. The van der Waals surface area contributed by atoms with Crippen LogP contribution < -0.4 is 0 Å². The number of ether oxygens (including phenoxy) is 2. The monoisotopic (exact) mass is 451 g/mol. The Bertz CT molecular complexity index is 947. The van der Waals surface area contributed by atoms with Crippen molar-refractivity contribution in [3.8, 4) is 0 Å². The Morgan fingerprint density at radius 1 is 1.20 bits per heavy atom. The van der Waals surface area contributed by atoms with Gasteiger partial charge in [0.15, 0.2) is 12.0 Å². The van der Waals surface area contributed by atoms with Crippen LogP contribution in [0, 0.1) is 6.92 Å². The molecule has 5 atom stereocenters. The zero-order chi connectivity index (χ0) is 21.5. The van der Waals surface area contributed by atoms with E-state index in [1.165, 1.54) is 9.75 Å². The molecule has 0 saturated carbocycles. The van der Waals surface area contributed by atoms with Crippen molar-refractivity contribution in [3.63, 3.8) is 0 Å². The molecule has 30 heavy (non-hydrogen) atoms. The molecular weight excluding hydrogens is 426 g/mol. The number of aliphatic hydroxyl groups excluding tert-OH is 3. The molecular formula is C22H26ClNO5S. The first kappa shape index (κ1) is 21.7. The molecule has 2 aromatic rings. The highest BCUT2D eigenvalue weighted by Gasteiger charge is 2.60. The molecule has 6 nitrogen and oxygen atoms in total. The molecule has 3 heterocycles. The van der Waals surface area contributed by atoms with Crippen LogP contribution in [-0.2, 0) is 21.6 Å². The van der Waals surface area contributed by atoms with E-state index in [1.807, 2.05) is 13.0 Å². The number of aliphatic hydroxyl groups is 3. The van der Waals surface area contributed by atoms with E-state index in [0.29, 0.717) is 29.3 Å². The Morgan fingerprint density at radius 3 is 2.67 bits per heavy atom. The molecule has 2 unspecified atom stereocenters. The molecule has 0 aliphatic carbocycles. The number of halogens is 1. The third kappa shape index (κ3) is 3.79. The van der Waals surface area contributed by atoms with Gasteiger partial charge in [-0.1, -0.05) is 24.6 Å². The van der Waals surface area contributed by atoms with Crippen molar-refractivity contribution < 1.29 is 24.8 Å². The van der Waals surface area contributed by atoms with Crippen molar-refractivity contribution in [1.29, 1.82) is 0 Å². The predicted octanol–water partition coefficient (Wildman–Crippen LogP) is 3.16. The minimum absolute atomic E-state index is 0.444. The van der Waals surface area contributed by atoms with E-state index in [1.54, 1.807) is 23.5 Å². The largest absolute Gasteiger partial charge is 0.469 e. The zero-order valence-electron chi connectivity index (χ0n) is 16.9. The SMILES string of the molecule is CCCC1=NC2(c3ccc(Cl)c(Cc4ccc(C)s4)c3)O[C@H](CO)[C@@H](O)[C@H](O)C2O1. The molecule has 3 N–H and O–H groups in total. The zero-order valence-corrected chi connectivity index (χ0v) is 18.5. The van der Waals surface area contributed by atoms with Crippen LogP contribution in [0.4, 0.5) is 0 Å². The molecule has 1 aromatic carbocycles. The van der Waals surface area contributed by atoms with Crippen LogP contribution in [-0.4, -0.2) is 52.2 Å². The van der Waals surface area contributed by atoms with Crippen LogP contribution in [0.15, 0.2) is 35.3 Å². The molecule has 4 rings (SSSR count). The topological polar surface area (TPSA) is 91.5 Å². The predicted molar refractivity (Wildman–Crippen MR) is 116 cm³/mol. The number of aliphatic imine (C=N–C) groups is 1. The summed E-state index contributed by atoms with van der Waals surface area (Å²) in [5.74, 6) is 0.470. The summed E-state index contributed by atoms with van der Waals surface area (Å²) in [4.78, 5) is 7.13. The smallest absolute Gasteiger partial charge is 0.228 e. The Morgan fingerprint density at radius 2 is 2.00 bits per heavy atom. The summed E-state index contributed by atoms with van der Waals surface area (Å²) >= 11 is 8.20. The third-order valence-electron chi connectivity index (χ3n) is 5.58. The molecule has 0 radical (unpaired) electrons. The molecule has 0 amide bonds. The average molecular weight is 452 g/mol. The van der Waals surface area contributed by atoms with Crippen LogP contribution in [0.5, 0.6) is 0 Å². The summed E-state index contributed by atoms with van der Waals surface area (Å²) in [5.41, 5.74) is 0.241. The maximum Gasteiger partial charge on any atom is 0.228 e. The summed E-state index contributed by atoms with van der Waals surface area (Å²) in [5, 5.41) is 31.5. The lowest BCUT2D eigenvalue weighted by Gasteiger charge is -2.44. The second kappa shape index (κ2) is 8.57. The highest BCUT2D eigenvalue weighted by Crippen LogP contribution is 2.46. The summed E-state index contributed by atoms with van der Waals surface area (Å²) in [6.07, 6.45) is -2.36. The number of nitrogens with zero attached hydrogens (tertiary/aromatic N) is 1. The Kier molecular flexibility index (Phi) is 6.21. The summed E-state index contributed by atoms with van der Waals surface area (Å²) in [6, 6.07) is 9.68. The lowest BCUT2D eigenvalue weighted by molar-refractivity contribution is -0.262. The quantitative estimate of drug-likeness (QED) is 0.627. The van der Waals surface area contributed by atoms with Crippen LogP contribution in [0.25, 0.3) is 0 Å². The Hall–Kier alpha value is -1.48. The number of aryl methyl sites for hydroxylation is 1. The summed E-state index contributed by atoms with van der Waals surface area (Å²) in [7, 11) is 0. The van der Waals surface area contributed by atoms with E-state index in [0.717, 1.165) is 12.0 Å². The van der Waals surface area contributed by atoms with E-state index >= 15 is 0 Å². The maximum atomic E-state index is 10.8. The van der Waals surface area contributed by atoms with E-state index in [9.17, 15) is 15.3 Å². The first-order chi connectivity index (χ1) is 14.4. The van der Waals surface area contributed by atoms with Gasteiger partial charge in [0, 0.05) is 33.2 Å². The van der Waals surface area contributed by atoms with Crippen molar-refractivity contribution in [2.75, 3.05) is 6.61 Å². The lowest BCUT2D eigenvalue weighted by Crippen LogP contribution is -2.61. The van der Waals surface area contributed by atoms with Crippen molar-refractivity contribution in [2.45, 2.75) is 63.3 Å². The Balaban J connectivity index is 1.77. The maximum absolute atomic E-state index is 10.8. The van der Waals surface area contributed by atoms with Crippen LogP contribution >= 0.6 is 22.9 Å². The molecule has 1 saturated heterocycles. The number of hydrogen-bond acceptors (Lipinski definition) is 7. The molecule has 2 aliphatic rings. The number of benzene rings is 1. The summed E-state index contributed by atoms with van der Waals surface area (Å²) in [6.45, 7) is 3.63. The van der Waals surface area contributed by atoms with Gasteiger partial charge in [-0.25, -0.2) is 4.99 Å². The summed E-state index contributed by atoms with van der Waals surface area (Å²) < 4.78 is 12.1. The standard InChI is InChI=1S/C22H26ClNO5S/c1-3-4-18-24-22(21(28-18)20(27)19(26)17(11-25)29-22)14-6-8-16(23)13(9-14)10-15-7-5-12(2)30-15/h5-9,17,19-21,25-27H,3-4,10-11H2,1-2H3/t17-,19-,20+,21?,22?/m1/s1. The van der Waals surface area contributed by atoms with Gasteiger partial charge in [-0.15, -0.1) is 11.3 Å². The fourth-order valence-electron chi connectivity index (χ4n) is 4.07. The minimum atomic E-state index is -1.35. The van der Waals surface area contributed by atoms with Gasteiger partial charge in [0.1, 0.15) is 18.3 Å².